The van der Waals surface area contributed by atoms with E-state index in [2.05, 4.69) is 5.16 Å². The second-order valence-electron chi connectivity index (χ2n) is 7.18. The molecule has 0 aliphatic carbocycles. The number of aromatic nitrogens is 1. The van der Waals surface area contributed by atoms with Gasteiger partial charge >= 0.3 is 0 Å². The molecule has 1 fully saturated rings. The number of alkyl halides is 2. The van der Waals surface area contributed by atoms with Crippen LogP contribution in [-0.4, -0.2) is 67.0 Å². The van der Waals surface area contributed by atoms with Crippen LogP contribution in [0.2, 0.25) is 0 Å². The maximum atomic E-state index is 13.1. The molecule has 1 aliphatic rings. The van der Waals surface area contributed by atoms with Gasteiger partial charge in [0.2, 0.25) is 15.9 Å². The molecule has 154 valence electrons. The third kappa shape index (κ3) is 5.47. The molecule has 1 saturated heterocycles. The van der Waals surface area contributed by atoms with Gasteiger partial charge in [-0.15, -0.1) is 0 Å². The SMILES string of the molecule is Cc1noc(C)c1C[C@H](C)C(=O)N(CC(F)F)C1CCN(S(C)(=O)=O)CC1. The maximum Gasteiger partial charge on any atom is 0.255 e. The van der Waals surface area contributed by atoms with Gasteiger partial charge in [-0.25, -0.2) is 21.5 Å². The number of piperidine rings is 1. The molecule has 0 unspecified atom stereocenters. The van der Waals surface area contributed by atoms with Gasteiger partial charge in [0.05, 0.1) is 18.5 Å². The Morgan fingerprint density at radius 2 is 1.93 bits per heavy atom. The molecule has 0 bridgehead atoms. The summed E-state index contributed by atoms with van der Waals surface area (Å²) in [5, 5.41) is 3.86. The van der Waals surface area contributed by atoms with Crippen LogP contribution >= 0.6 is 0 Å². The van der Waals surface area contributed by atoms with Crippen LogP contribution in [0.25, 0.3) is 0 Å². The summed E-state index contributed by atoms with van der Waals surface area (Å²) in [7, 11) is -3.31. The Balaban J connectivity index is 2.10. The monoisotopic (exact) mass is 407 g/mol. The van der Waals surface area contributed by atoms with Gasteiger partial charge in [0.1, 0.15) is 5.76 Å². The zero-order valence-corrected chi connectivity index (χ0v) is 16.9. The van der Waals surface area contributed by atoms with Gasteiger partial charge in [0, 0.05) is 30.6 Å². The molecular weight excluding hydrogens is 380 g/mol. The van der Waals surface area contributed by atoms with Crippen LogP contribution in [0.4, 0.5) is 8.78 Å². The Morgan fingerprint density at radius 1 is 1.33 bits per heavy atom. The molecule has 0 saturated carbocycles. The first-order chi connectivity index (χ1) is 12.5. The van der Waals surface area contributed by atoms with Crippen LogP contribution in [0.15, 0.2) is 4.52 Å². The summed E-state index contributed by atoms with van der Waals surface area (Å²) in [6.45, 7) is 5.06. The third-order valence-electron chi connectivity index (χ3n) is 5.06. The highest BCUT2D eigenvalue weighted by Gasteiger charge is 2.34. The highest BCUT2D eigenvalue weighted by Crippen LogP contribution is 2.24. The molecule has 0 N–H and O–H groups in total. The molecule has 1 aliphatic heterocycles. The number of rotatable bonds is 7. The molecule has 1 atom stereocenters. The van der Waals surface area contributed by atoms with Crippen molar-refractivity contribution in [2.75, 3.05) is 25.9 Å². The van der Waals surface area contributed by atoms with Crippen molar-refractivity contribution in [3.63, 3.8) is 0 Å². The Bertz CT molecular complexity index is 739. The minimum atomic E-state index is -3.31. The van der Waals surface area contributed by atoms with E-state index in [-0.39, 0.29) is 19.0 Å². The second-order valence-corrected chi connectivity index (χ2v) is 9.17. The van der Waals surface area contributed by atoms with Gasteiger partial charge in [0.15, 0.2) is 0 Å². The normalized spacial score (nSPS) is 18.0. The van der Waals surface area contributed by atoms with Crippen molar-refractivity contribution < 1.29 is 26.5 Å². The van der Waals surface area contributed by atoms with E-state index in [1.165, 1.54) is 9.21 Å². The van der Waals surface area contributed by atoms with Crippen LogP contribution in [0.5, 0.6) is 0 Å². The Labute approximate surface area is 158 Å². The van der Waals surface area contributed by atoms with Gasteiger partial charge in [-0.05, 0) is 33.1 Å². The number of amides is 1. The topological polar surface area (TPSA) is 83.7 Å². The van der Waals surface area contributed by atoms with Crippen molar-refractivity contribution in [3.8, 4) is 0 Å². The fourth-order valence-corrected chi connectivity index (χ4v) is 4.40. The molecule has 0 spiro atoms. The smallest absolute Gasteiger partial charge is 0.255 e. The molecule has 10 heteroatoms. The van der Waals surface area contributed by atoms with Crippen molar-refractivity contribution in [1.82, 2.24) is 14.4 Å². The van der Waals surface area contributed by atoms with Gasteiger partial charge in [0.25, 0.3) is 6.43 Å². The highest BCUT2D eigenvalue weighted by molar-refractivity contribution is 7.88. The van der Waals surface area contributed by atoms with Crippen LogP contribution in [0.3, 0.4) is 0 Å². The maximum absolute atomic E-state index is 13.1. The highest BCUT2D eigenvalue weighted by atomic mass is 32.2. The predicted molar refractivity (Wildman–Crippen MR) is 96.0 cm³/mol. The van der Waals surface area contributed by atoms with Crippen LogP contribution < -0.4 is 0 Å². The Hall–Kier alpha value is -1.55. The van der Waals surface area contributed by atoms with Crippen molar-refractivity contribution >= 4 is 15.9 Å². The molecule has 1 amide bonds. The fraction of sp³-hybridized carbons (Fsp3) is 0.765. The largest absolute Gasteiger partial charge is 0.361 e. The first kappa shape index (κ1) is 21.7. The van der Waals surface area contributed by atoms with Crippen LogP contribution in [0.1, 0.15) is 36.8 Å². The lowest BCUT2D eigenvalue weighted by Crippen LogP contribution is -2.51. The zero-order chi connectivity index (χ0) is 20.4. The minimum Gasteiger partial charge on any atom is -0.361 e. The van der Waals surface area contributed by atoms with Crippen molar-refractivity contribution in [2.24, 2.45) is 5.92 Å². The number of carbonyl (C=O) groups excluding carboxylic acids is 1. The molecule has 27 heavy (non-hydrogen) atoms. The van der Waals surface area contributed by atoms with Crippen molar-refractivity contribution in [2.45, 2.75) is 52.5 Å². The number of carbonyl (C=O) groups is 1. The average Bonchev–Trinajstić information content (AvgIpc) is 2.90. The number of aryl methyl sites for hydroxylation is 2. The lowest BCUT2D eigenvalue weighted by molar-refractivity contribution is -0.140. The van der Waals surface area contributed by atoms with Crippen molar-refractivity contribution in [3.05, 3.63) is 17.0 Å². The molecule has 0 aromatic carbocycles. The number of nitrogens with zero attached hydrogens (tertiary/aromatic N) is 3. The van der Waals surface area contributed by atoms with Gasteiger partial charge in [-0.3, -0.25) is 4.79 Å². The Morgan fingerprint density at radius 3 is 2.37 bits per heavy atom. The number of halogens is 2. The summed E-state index contributed by atoms with van der Waals surface area (Å²) < 4.78 is 55.9. The Kier molecular flexibility index (Phi) is 6.96. The molecule has 1 aromatic rings. The van der Waals surface area contributed by atoms with Gasteiger partial charge in [-0.1, -0.05) is 12.1 Å². The lowest BCUT2D eigenvalue weighted by atomic mass is 9.96. The molecule has 1 aromatic heterocycles. The fourth-order valence-electron chi connectivity index (χ4n) is 3.52. The van der Waals surface area contributed by atoms with Crippen LogP contribution in [0, 0.1) is 19.8 Å². The number of sulfonamides is 1. The molecule has 7 nitrogen and oxygen atoms in total. The summed E-state index contributed by atoms with van der Waals surface area (Å²) in [6, 6.07) is -0.392. The van der Waals surface area contributed by atoms with E-state index in [0.29, 0.717) is 30.7 Å². The van der Waals surface area contributed by atoms with E-state index in [9.17, 15) is 22.0 Å². The number of hydrogen-bond donors (Lipinski definition) is 0. The van der Waals surface area contributed by atoms with Gasteiger partial charge < -0.3 is 9.42 Å². The minimum absolute atomic E-state index is 0.231. The second kappa shape index (κ2) is 8.64. The first-order valence-electron chi connectivity index (χ1n) is 8.96. The van der Waals surface area contributed by atoms with E-state index in [0.717, 1.165) is 11.8 Å². The summed E-state index contributed by atoms with van der Waals surface area (Å²) in [5.74, 6) is -0.240. The van der Waals surface area contributed by atoms with Crippen molar-refractivity contribution in [1.29, 1.82) is 0 Å². The van der Waals surface area contributed by atoms with E-state index in [4.69, 9.17) is 4.52 Å². The lowest BCUT2D eigenvalue weighted by Gasteiger charge is -2.38. The first-order valence-corrected chi connectivity index (χ1v) is 10.8. The predicted octanol–water partition coefficient (Wildman–Crippen LogP) is 1.99. The third-order valence-corrected chi connectivity index (χ3v) is 6.37. The molecular formula is C17H27F2N3O4S. The average molecular weight is 407 g/mol. The zero-order valence-electron chi connectivity index (χ0n) is 16.1. The van der Waals surface area contributed by atoms with Gasteiger partial charge in [-0.2, -0.15) is 0 Å². The van der Waals surface area contributed by atoms with E-state index in [1.54, 1.807) is 20.8 Å². The standard InChI is InChI=1S/C17H27F2N3O4S/c1-11(9-15-12(2)20-26-13(15)3)17(23)22(10-16(18)19)14-5-7-21(8-6-14)27(4,24)25/h11,14,16H,5-10H2,1-4H3/t11-/m0/s1. The summed E-state index contributed by atoms with van der Waals surface area (Å²) in [5.41, 5.74) is 1.51. The summed E-state index contributed by atoms with van der Waals surface area (Å²) in [4.78, 5) is 14.1. The molecule has 0 radical (unpaired) electrons. The van der Waals surface area contributed by atoms with E-state index >= 15 is 0 Å². The quantitative estimate of drug-likeness (QED) is 0.690. The van der Waals surface area contributed by atoms with E-state index in [1.807, 2.05) is 0 Å². The summed E-state index contributed by atoms with van der Waals surface area (Å²) >= 11 is 0. The summed E-state index contributed by atoms with van der Waals surface area (Å²) in [6.07, 6.45) is -0.455. The molecule has 2 rings (SSSR count). The van der Waals surface area contributed by atoms with Crippen LogP contribution in [-0.2, 0) is 21.2 Å². The van der Waals surface area contributed by atoms with E-state index < -0.39 is 35.0 Å². The molecule has 2 heterocycles. The number of hydrogen-bond acceptors (Lipinski definition) is 5.